The molecule has 2 amide bonds. The van der Waals surface area contributed by atoms with Crippen molar-refractivity contribution in [3.8, 4) is 5.00 Å². The van der Waals surface area contributed by atoms with Crippen LogP contribution in [0.15, 0.2) is 42.7 Å². The molecule has 5 nitrogen and oxygen atoms in total. The second-order valence-corrected chi connectivity index (χ2v) is 8.50. The Kier molecular flexibility index (Phi) is 5.24. The number of benzene rings is 1. The third-order valence-electron chi connectivity index (χ3n) is 5.45. The summed E-state index contributed by atoms with van der Waals surface area (Å²) in [5, 5.41) is 7.27. The summed E-state index contributed by atoms with van der Waals surface area (Å²) >= 11 is 1.83. The van der Waals surface area contributed by atoms with Crippen LogP contribution in [-0.2, 0) is 19.5 Å². The molecule has 0 unspecified atom stereocenters. The average molecular weight is 395 g/mol. The molecule has 1 aromatic carbocycles. The van der Waals surface area contributed by atoms with Crippen molar-refractivity contribution in [2.24, 2.45) is 0 Å². The highest BCUT2D eigenvalue weighted by Gasteiger charge is 2.23. The lowest BCUT2D eigenvalue weighted by Crippen LogP contribution is -2.30. The number of carbonyl (C=O) groups excluding carboxylic acids is 1. The molecule has 28 heavy (non-hydrogen) atoms. The number of hydrogen-bond acceptors (Lipinski definition) is 3. The second-order valence-electron chi connectivity index (χ2n) is 7.42. The first-order chi connectivity index (χ1) is 13.5. The van der Waals surface area contributed by atoms with Crippen molar-refractivity contribution >= 4 is 23.1 Å². The lowest BCUT2D eigenvalue weighted by Gasteiger charge is -2.22. The van der Waals surface area contributed by atoms with Crippen molar-refractivity contribution in [3.05, 3.63) is 69.9 Å². The van der Waals surface area contributed by atoms with E-state index in [1.807, 2.05) is 42.5 Å². The number of anilines is 1. The van der Waals surface area contributed by atoms with Gasteiger partial charge in [0.2, 0.25) is 0 Å². The number of amides is 2. The fraction of sp³-hybridized carbons (Fsp3) is 0.318. The van der Waals surface area contributed by atoms with Gasteiger partial charge in [0.1, 0.15) is 5.00 Å². The Morgan fingerprint density at radius 3 is 2.75 bits per heavy atom. The zero-order valence-corrected chi connectivity index (χ0v) is 17.4. The molecule has 0 atom stereocenters. The molecular formula is C22H26N4OS. The summed E-state index contributed by atoms with van der Waals surface area (Å²) in [6, 6.07) is 9.87. The zero-order chi connectivity index (χ0) is 19.7. The number of carbonyl (C=O) groups is 1. The third-order valence-corrected chi connectivity index (χ3v) is 6.73. The van der Waals surface area contributed by atoms with E-state index < -0.39 is 0 Å². The van der Waals surface area contributed by atoms with Crippen LogP contribution in [-0.4, -0.2) is 29.1 Å². The Balaban J connectivity index is 1.54. The van der Waals surface area contributed by atoms with Crippen LogP contribution >= 0.6 is 11.3 Å². The van der Waals surface area contributed by atoms with E-state index >= 15 is 0 Å². The molecule has 4 rings (SSSR count). The van der Waals surface area contributed by atoms with Crippen molar-refractivity contribution < 1.29 is 4.79 Å². The molecule has 3 aromatic rings. The van der Waals surface area contributed by atoms with Gasteiger partial charge in [0.25, 0.3) is 0 Å². The van der Waals surface area contributed by atoms with E-state index in [0.717, 1.165) is 30.8 Å². The smallest absolute Gasteiger partial charge is 0.319 e. The van der Waals surface area contributed by atoms with Gasteiger partial charge in [-0.25, -0.2) is 4.79 Å². The summed E-state index contributed by atoms with van der Waals surface area (Å²) in [7, 11) is 2.16. The number of nitrogens with one attached hydrogen (secondary N) is 2. The lowest BCUT2D eigenvalue weighted by molar-refractivity contribution is 0.251. The summed E-state index contributed by atoms with van der Waals surface area (Å²) in [5.41, 5.74) is 5.77. The van der Waals surface area contributed by atoms with Gasteiger partial charge in [-0.2, -0.15) is 0 Å². The Hall–Kier alpha value is -2.57. The van der Waals surface area contributed by atoms with Crippen LogP contribution in [0.25, 0.3) is 5.00 Å². The predicted molar refractivity (Wildman–Crippen MR) is 115 cm³/mol. The molecule has 0 radical (unpaired) electrons. The van der Waals surface area contributed by atoms with E-state index in [1.165, 1.54) is 26.6 Å². The normalized spacial score (nSPS) is 14.0. The number of likely N-dealkylation sites (N-methyl/N-ethyl adjacent to an activating group) is 1. The molecule has 0 aliphatic carbocycles. The van der Waals surface area contributed by atoms with Crippen molar-refractivity contribution in [3.63, 3.8) is 0 Å². The molecule has 0 bridgehead atoms. The van der Waals surface area contributed by atoms with E-state index in [2.05, 4.69) is 52.5 Å². The molecule has 1 aliphatic heterocycles. The molecule has 2 aromatic heterocycles. The molecule has 0 saturated carbocycles. The predicted octanol–water partition coefficient (Wildman–Crippen LogP) is 4.47. The molecule has 0 saturated heterocycles. The number of aryl methyl sites for hydroxylation is 1. The van der Waals surface area contributed by atoms with E-state index in [9.17, 15) is 4.79 Å². The topological polar surface area (TPSA) is 49.3 Å². The number of aromatic nitrogens is 1. The van der Waals surface area contributed by atoms with E-state index in [0.29, 0.717) is 6.54 Å². The first-order valence-electron chi connectivity index (χ1n) is 9.59. The van der Waals surface area contributed by atoms with Gasteiger partial charge in [-0.1, -0.05) is 12.1 Å². The van der Waals surface area contributed by atoms with Crippen LogP contribution in [0.5, 0.6) is 0 Å². The van der Waals surface area contributed by atoms with Crippen LogP contribution in [0, 0.1) is 13.8 Å². The molecule has 2 N–H and O–H groups in total. The zero-order valence-electron chi connectivity index (χ0n) is 16.6. The highest BCUT2D eigenvalue weighted by Crippen LogP contribution is 2.35. The van der Waals surface area contributed by atoms with Gasteiger partial charge in [0.15, 0.2) is 0 Å². The van der Waals surface area contributed by atoms with E-state index in [4.69, 9.17) is 0 Å². The maximum Gasteiger partial charge on any atom is 0.319 e. The molecule has 146 valence electrons. The van der Waals surface area contributed by atoms with Crippen LogP contribution in [0.3, 0.4) is 0 Å². The number of hydrogen-bond donors (Lipinski definition) is 2. The Bertz CT molecular complexity index is 990. The highest BCUT2D eigenvalue weighted by atomic mass is 32.1. The molecule has 3 heterocycles. The number of rotatable bonds is 4. The van der Waals surface area contributed by atoms with Gasteiger partial charge in [-0.3, -0.25) is 0 Å². The summed E-state index contributed by atoms with van der Waals surface area (Å²) in [6.07, 6.45) is 5.17. The quantitative estimate of drug-likeness (QED) is 0.686. The summed E-state index contributed by atoms with van der Waals surface area (Å²) in [6.45, 7) is 6.64. The largest absolute Gasteiger partial charge is 0.334 e. The molecule has 6 heteroatoms. The lowest BCUT2D eigenvalue weighted by atomic mass is 10.0. The standard InChI is InChI=1S/C22H26N4OS/c1-15-7-6-8-19(16(15)2)24-22(27)23-13-18-17-9-12-25(3)14-20(17)28-21(18)26-10-4-5-11-26/h4-8,10-11H,9,12-14H2,1-3H3,(H2,23,24,27). The van der Waals surface area contributed by atoms with Gasteiger partial charge < -0.3 is 20.1 Å². The minimum absolute atomic E-state index is 0.167. The number of nitrogens with zero attached hydrogens (tertiary/aromatic N) is 2. The molecule has 0 spiro atoms. The fourth-order valence-electron chi connectivity index (χ4n) is 3.66. The minimum atomic E-state index is -0.167. The SMILES string of the molecule is Cc1cccc(NC(=O)NCc2c(-n3cccc3)sc3c2CCN(C)C3)c1C. The maximum absolute atomic E-state index is 12.6. The van der Waals surface area contributed by atoms with E-state index in [1.54, 1.807) is 0 Å². The number of fused-ring (bicyclic) bond motifs is 1. The first kappa shape index (κ1) is 18.8. The van der Waals surface area contributed by atoms with Gasteiger partial charge in [0.05, 0.1) is 0 Å². The third kappa shape index (κ3) is 3.70. The van der Waals surface area contributed by atoms with E-state index in [-0.39, 0.29) is 6.03 Å². The molecule has 0 fully saturated rings. The van der Waals surface area contributed by atoms with Crippen molar-refractivity contribution in [2.75, 3.05) is 18.9 Å². The number of urea groups is 1. The monoisotopic (exact) mass is 394 g/mol. The van der Waals surface area contributed by atoms with Crippen LogP contribution in [0.4, 0.5) is 10.5 Å². The molecule has 1 aliphatic rings. The van der Waals surface area contributed by atoms with Crippen LogP contribution < -0.4 is 10.6 Å². The van der Waals surface area contributed by atoms with Crippen molar-refractivity contribution in [1.82, 2.24) is 14.8 Å². The van der Waals surface area contributed by atoms with Gasteiger partial charge in [0, 0.05) is 48.2 Å². The maximum atomic E-state index is 12.6. The minimum Gasteiger partial charge on any atom is -0.334 e. The average Bonchev–Trinajstić information content (AvgIpc) is 3.31. The summed E-state index contributed by atoms with van der Waals surface area (Å²) in [4.78, 5) is 16.3. The molecular weight excluding hydrogens is 368 g/mol. The Morgan fingerprint density at radius 2 is 1.96 bits per heavy atom. The van der Waals surface area contributed by atoms with Gasteiger partial charge in [-0.15, -0.1) is 11.3 Å². The Morgan fingerprint density at radius 1 is 1.18 bits per heavy atom. The summed E-state index contributed by atoms with van der Waals surface area (Å²) in [5.74, 6) is 0. The van der Waals surface area contributed by atoms with Gasteiger partial charge >= 0.3 is 6.03 Å². The van der Waals surface area contributed by atoms with Crippen molar-refractivity contribution in [2.45, 2.75) is 33.4 Å². The van der Waals surface area contributed by atoms with Crippen molar-refractivity contribution in [1.29, 1.82) is 0 Å². The highest BCUT2D eigenvalue weighted by molar-refractivity contribution is 7.14. The second kappa shape index (κ2) is 7.81. The fourth-order valence-corrected chi connectivity index (χ4v) is 5.08. The van der Waals surface area contributed by atoms with Crippen LogP contribution in [0.2, 0.25) is 0 Å². The number of thiophene rings is 1. The Labute approximate surface area is 170 Å². The van der Waals surface area contributed by atoms with Gasteiger partial charge in [-0.05, 0) is 62.2 Å². The van der Waals surface area contributed by atoms with Crippen LogP contribution in [0.1, 0.15) is 27.1 Å². The summed E-state index contributed by atoms with van der Waals surface area (Å²) < 4.78 is 2.16. The first-order valence-corrected chi connectivity index (χ1v) is 10.4.